The van der Waals surface area contributed by atoms with Gasteiger partial charge in [0.1, 0.15) is 0 Å². The molecule has 46 heavy (non-hydrogen) atoms. The van der Waals surface area contributed by atoms with Gasteiger partial charge in [0.25, 0.3) is 0 Å². The van der Waals surface area contributed by atoms with E-state index in [1.165, 1.54) is 55.6 Å². The van der Waals surface area contributed by atoms with Crippen molar-refractivity contribution >= 4 is 9.28 Å². The first-order valence-corrected chi connectivity index (χ1v) is 20.9. The minimum atomic E-state index is -2.87. The number of allylic oxidation sites excluding steroid dienone is 1. The van der Waals surface area contributed by atoms with E-state index in [0.29, 0.717) is 7.25 Å². The zero-order valence-corrected chi connectivity index (χ0v) is 31.2. The van der Waals surface area contributed by atoms with Crippen LogP contribution in [-0.2, 0) is 32.1 Å². The molecule has 1 unspecified atom stereocenters. The molecule has 5 aromatic rings. The SMILES string of the molecule is Cc1cc2c(cc1C)[CH]([Zr](=[C](c1ccccc1)c1ccccc1)[CH]1c3cc(C(C)(C)C)ccc3-c3ccc(C(C)(C)C)cc31)C=C2. The van der Waals surface area contributed by atoms with Crippen LogP contribution in [0.4, 0.5) is 0 Å². The molecule has 0 bridgehead atoms. The molecule has 230 valence electrons. The van der Waals surface area contributed by atoms with Crippen LogP contribution in [0.3, 0.4) is 0 Å². The van der Waals surface area contributed by atoms with Gasteiger partial charge in [0.15, 0.2) is 0 Å². The molecular formula is C45H46Zr. The second-order valence-electron chi connectivity index (χ2n) is 15.5. The summed E-state index contributed by atoms with van der Waals surface area (Å²) >= 11 is -2.87. The van der Waals surface area contributed by atoms with Crippen molar-refractivity contribution in [1.29, 1.82) is 0 Å². The first-order chi connectivity index (χ1) is 21.9. The van der Waals surface area contributed by atoms with Crippen molar-refractivity contribution in [1.82, 2.24) is 0 Å². The number of rotatable bonds is 4. The molecule has 0 saturated heterocycles. The predicted molar refractivity (Wildman–Crippen MR) is 195 cm³/mol. The molecule has 1 heteroatoms. The fourth-order valence-electron chi connectivity index (χ4n) is 7.57. The normalized spacial score (nSPS) is 15.4. The van der Waals surface area contributed by atoms with Gasteiger partial charge in [-0.15, -0.1) is 0 Å². The molecule has 1 atom stereocenters. The number of benzene rings is 5. The van der Waals surface area contributed by atoms with Crippen molar-refractivity contribution in [3.8, 4) is 11.1 Å². The second kappa shape index (κ2) is 11.7. The third-order valence-corrected chi connectivity index (χ3v) is 19.1. The molecule has 0 nitrogen and oxygen atoms in total. The molecule has 0 N–H and O–H groups in total. The zero-order chi connectivity index (χ0) is 32.4. The predicted octanol–water partition coefficient (Wildman–Crippen LogP) is 11.6. The van der Waals surface area contributed by atoms with Gasteiger partial charge in [-0.05, 0) is 0 Å². The maximum atomic E-state index is 2.60. The molecule has 5 aromatic carbocycles. The quantitative estimate of drug-likeness (QED) is 0.178. The van der Waals surface area contributed by atoms with Crippen molar-refractivity contribution in [2.75, 3.05) is 0 Å². The second-order valence-corrected chi connectivity index (χ2v) is 21.9. The average molecular weight is 678 g/mol. The fourth-order valence-corrected chi connectivity index (χ4v) is 17.4. The van der Waals surface area contributed by atoms with E-state index >= 15 is 0 Å². The number of aryl methyl sites for hydroxylation is 2. The third-order valence-electron chi connectivity index (χ3n) is 10.3. The van der Waals surface area contributed by atoms with Crippen molar-refractivity contribution in [3.63, 3.8) is 0 Å². The van der Waals surface area contributed by atoms with Crippen LogP contribution < -0.4 is 0 Å². The van der Waals surface area contributed by atoms with E-state index in [1.807, 2.05) is 0 Å². The summed E-state index contributed by atoms with van der Waals surface area (Å²) in [6, 6.07) is 42.6. The summed E-state index contributed by atoms with van der Waals surface area (Å²) in [6.07, 6.45) is 5.04. The van der Waals surface area contributed by atoms with E-state index in [4.69, 9.17) is 0 Å². The van der Waals surface area contributed by atoms with E-state index in [0.717, 1.165) is 0 Å². The van der Waals surface area contributed by atoms with Crippen LogP contribution >= 0.6 is 0 Å². The van der Waals surface area contributed by atoms with Crippen molar-refractivity contribution in [2.24, 2.45) is 0 Å². The van der Waals surface area contributed by atoms with Gasteiger partial charge in [0.05, 0.1) is 0 Å². The molecule has 0 saturated carbocycles. The molecule has 2 aliphatic carbocycles. The van der Waals surface area contributed by atoms with Crippen LogP contribution in [0.1, 0.15) is 104 Å². The summed E-state index contributed by atoms with van der Waals surface area (Å²) in [5.74, 6) is 0. The van der Waals surface area contributed by atoms with Gasteiger partial charge in [-0.1, -0.05) is 0 Å². The van der Waals surface area contributed by atoms with Crippen LogP contribution in [-0.4, -0.2) is 3.21 Å². The third kappa shape index (κ3) is 5.50. The van der Waals surface area contributed by atoms with Gasteiger partial charge in [0, 0.05) is 0 Å². The van der Waals surface area contributed by atoms with E-state index in [1.54, 1.807) is 14.3 Å². The Morgan fingerprint density at radius 3 is 1.50 bits per heavy atom. The van der Waals surface area contributed by atoms with Crippen molar-refractivity contribution in [3.05, 3.63) is 171 Å². The Morgan fingerprint density at radius 2 is 1.02 bits per heavy atom. The topological polar surface area (TPSA) is 0 Å². The molecule has 0 spiro atoms. The molecule has 2 aliphatic rings. The zero-order valence-electron chi connectivity index (χ0n) is 28.7. The van der Waals surface area contributed by atoms with Gasteiger partial charge >= 0.3 is 286 Å². The maximum absolute atomic E-state index is 2.87. The molecule has 0 heterocycles. The minimum absolute atomic E-state index is 0.0777. The Bertz CT molecular complexity index is 1910. The summed E-state index contributed by atoms with van der Waals surface area (Å²) in [4.78, 5) is 0. The molecule has 0 amide bonds. The summed E-state index contributed by atoms with van der Waals surface area (Å²) in [5.41, 5.74) is 17.5. The Kier molecular flexibility index (Phi) is 7.93. The standard InChI is InChI=1S/C21H25.C13H10.C11H11.Zr/c1-20(2,3)16-7-9-18-14(12-16)11-15-13-17(21(4,5)6)8-10-19(15)18;1-3-7-12(8-4-1)11-13-9-5-2-6-10-13;1-8-6-10-4-3-5-11(10)7-9(8)2;/h7-13H,1-6H3;1-10H;3-7H,1-2H3;. The first-order valence-electron chi connectivity index (χ1n) is 16.9. The van der Waals surface area contributed by atoms with Crippen molar-refractivity contribution in [2.45, 2.75) is 73.5 Å². The van der Waals surface area contributed by atoms with Crippen LogP contribution in [0.15, 0.2) is 115 Å². The summed E-state index contributed by atoms with van der Waals surface area (Å²) in [5, 5.41) is 0. The van der Waals surface area contributed by atoms with Crippen molar-refractivity contribution < 1.29 is 21.3 Å². The molecule has 0 radical (unpaired) electrons. The van der Waals surface area contributed by atoms with Gasteiger partial charge in [-0.3, -0.25) is 0 Å². The van der Waals surface area contributed by atoms with Crippen LogP contribution in [0.25, 0.3) is 17.2 Å². The Labute approximate surface area is 284 Å². The van der Waals surface area contributed by atoms with E-state index in [-0.39, 0.29) is 10.8 Å². The monoisotopic (exact) mass is 676 g/mol. The number of hydrogen-bond donors (Lipinski definition) is 0. The molecule has 0 fully saturated rings. The fraction of sp³-hybridized carbons (Fsp3) is 0.267. The summed E-state index contributed by atoms with van der Waals surface area (Å²) < 4.78 is 2.43. The van der Waals surface area contributed by atoms with E-state index in [9.17, 15) is 0 Å². The summed E-state index contributed by atoms with van der Waals surface area (Å²) in [7, 11) is 0. The molecule has 7 rings (SSSR count). The Hall–Kier alpha value is -3.41. The molecular weight excluding hydrogens is 632 g/mol. The molecule has 0 aliphatic heterocycles. The number of fused-ring (bicyclic) bond motifs is 4. The van der Waals surface area contributed by atoms with Crippen LogP contribution in [0.2, 0.25) is 0 Å². The Balaban J connectivity index is 1.63. The Morgan fingerprint density at radius 1 is 0.543 bits per heavy atom. The first kappa shape index (κ1) is 31.2. The van der Waals surface area contributed by atoms with Crippen LogP contribution in [0.5, 0.6) is 0 Å². The van der Waals surface area contributed by atoms with Gasteiger partial charge < -0.3 is 0 Å². The van der Waals surface area contributed by atoms with E-state index in [2.05, 4.69) is 177 Å². The van der Waals surface area contributed by atoms with Gasteiger partial charge in [-0.25, -0.2) is 0 Å². The van der Waals surface area contributed by atoms with Gasteiger partial charge in [0.2, 0.25) is 0 Å². The average Bonchev–Trinajstić information content (AvgIpc) is 3.57. The van der Waals surface area contributed by atoms with Crippen LogP contribution in [0, 0.1) is 13.8 Å². The molecule has 0 aromatic heterocycles. The number of hydrogen-bond acceptors (Lipinski definition) is 0. The summed E-state index contributed by atoms with van der Waals surface area (Å²) in [6.45, 7) is 18.7. The van der Waals surface area contributed by atoms with E-state index < -0.39 is 21.3 Å². The van der Waals surface area contributed by atoms with Gasteiger partial charge in [-0.2, -0.15) is 0 Å².